The molecule has 0 N–H and O–H groups in total. The molecule has 0 unspecified atom stereocenters. The molecule has 3 heterocycles. The van der Waals surface area contributed by atoms with Gasteiger partial charge in [-0.25, -0.2) is 9.97 Å². The van der Waals surface area contributed by atoms with Crippen molar-refractivity contribution >= 4 is 5.82 Å². The Labute approximate surface area is 122 Å². The van der Waals surface area contributed by atoms with Gasteiger partial charge in [0.2, 0.25) is 0 Å². The number of rotatable bonds is 4. The van der Waals surface area contributed by atoms with Crippen molar-refractivity contribution in [3.05, 3.63) is 42.4 Å². The number of hydrogen-bond acceptors (Lipinski definition) is 6. The summed E-state index contributed by atoms with van der Waals surface area (Å²) in [6.45, 7) is 2.46. The summed E-state index contributed by atoms with van der Waals surface area (Å²) >= 11 is 0. The number of hydrogen-bond donors (Lipinski definition) is 0. The van der Waals surface area contributed by atoms with Crippen LogP contribution in [0.4, 0.5) is 5.82 Å². The van der Waals surface area contributed by atoms with Crippen LogP contribution in [0.1, 0.15) is 11.6 Å². The molecular formula is C14H16N6O. The highest BCUT2D eigenvalue weighted by atomic mass is 16.5. The van der Waals surface area contributed by atoms with Gasteiger partial charge in [0.05, 0.1) is 6.54 Å². The molecule has 0 amide bonds. The van der Waals surface area contributed by atoms with E-state index in [2.05, 4.69) is 20.1 Å². The summed E-state index contributed by atoms with van der Waals surface area (Å²) in [5.74, 6) is 2.91. The lowest BCUT2D eigenvalue weighted by Gasteiger charge is -2.18. The maximum absolute atomic E-state index is 5.19. The number of nitrogens with zero attached hydrogens (tertiary/aromatic N) is 6. The molecule has 21 heavy (non-hydrogen) atoms. The fourth-order valence-electron chi connectivity index (χ4n) is 2.02. The van der Waals surface area contributed by atoms with E-state index >= 15 is 0 Å². The molecule has 0 saturated carbocycles. The molecule has 0 fully saturated rings. The first kappa shape index (κ1) is 13.3. The van der Waals surface area contributed by atoms with Crippen molar-refractivity contribution in [2.75, 3.05) is 11.9 Å². The topological polar surface area (TPSA) is 72.9 Å². The van der Waals surface area contributed by atoms with Crippen molar-refractivity contribution < 1.29 is 4.52 Å². The van der Waals surface area contributed by atoms with E-state index < -0.39 is 0 Å². The van der Waals surface area contributed by atoms with E-state index in [1.807, 2.05) is 41.9 Å². The fourth-order valence-corrected chi connectivity index (χ4v) is 2.02. The zero-order valence-corrected chi connectivity index (χ0v) is 12.2. The first-order chi connectivity index (χ1) is 10.1. The van der Waals surface area contributed by atoms with Crippen LogP contribution >= 0.6 is 0 Å². The van der Waals surface area contributed by atoms with Gasteiger partial charge in [0, 0.05) is 38.2 Å². The van der Waals surface area contributed by atoms with Crippen LogP contribution in [-0.4, -0.2) is 31.7 Å². The van der Waals surface area contributed by atoms with Gasteiger partial charge >= 0.3 is 0 Å². The Morgan fingerprint density at radius 3 is 2.81 bits per heavy atom. The molecule has 7 heteroatoms. The highest BCUT2D eigenvalue weighted by molar-refractivity contribution is 5.58. The van der Waals surface area contributed by atoms with Crippen molar-refractivity contribution in [1.82, 2.24) is 24.7 Å². The van der Waals surface area contributed by atoms with Crippen molar-refractivity contribution in [2.24, 2.45) is 7.05 Å². The summed E-state index contributed by atoms with van der Waals surface area (Å²) in [6, 6.07) is 3.78. The van der Waals surface area contributed by atoms with Gasteiger partial charge < -0.3 is 14.0 Å². The smallest absolute Gasteiger partial charge is 0.258 e. The van der Waals surface area contributed by atoms with Crippen molar-refractivity contribution in [2.45, 2.75) is 13.5 Å². The lowest BCUT2D eigenvalue weighted by molar-refractivity contribution is 0.425. The second-order valence-corrected chi connectivity index (χ2v) is 4.86. The Balaban J connectivity index is 1.84. The van der Waals surface area contributed by atoms with Crippen molar-refractivity contribution in [1.29, 1.82) is 0 Å². The Morgan fingerprint density at radius 1 is 1.29 bits per heavy atom. The van der Waals surface area contributed by atoms with Gasteiger partial charge in [0.1, 0.15) is 11.6 Å². The predicted molar refractivity (Wildman–Crippen MR) is 77.6 cm³/mol. The van der Waals surface area contributed by atoms with Crippen LogP contribution in [0.3, 0.4) is 0 Å². The van der Waals surface area contributed by atoms with E-state index in [0.29, 0.717) is 18.3 Å². The maximum Gasteiger partial charge on any atom is 0.258 e. The molecule has 0 aromatic carbocycles. The van der Waals surface area contributed by atoms with Crippen LogP contribution < -0.4 is 4.90 Å². The SMILES string of the molecule is Cc1noc(-c2ccnc(N(C)Cc3nccn3C)c2)n1. The molecule has 7 nitrogen and oxygen atoms in total. The standard InChI is InChI=1S/C14H16N6O/c1-10-17-14(21-18-10)11-4-5-15-12(8-11)20(3)9-13-16-6-7-19(13)2/h4-8H,9H2,1-3H3. The maximum atomic E-state index is 5.19. The van der Waals surface area contributed by atoms with Crippen molar-refractivity contribution in [3.63, 3.8) is 0 Å². The van der Waals surface area contributed by atoms with Crippen LogP contribution in [0.2, 0.25) is 0 Å². The quantitative estimate of drug-likeness (QED) is 0.727. The minimum Gasteiger partial charge on any atom is -0.352 e. The molecule has 0 aliphatic heterocycles. The third-order valence-electron chi connectivity index (χ3n) is 3.21. The van der Waals surface area contributed by atoms with Crippen LogP contribution in [0.15, 0.2) is 35.2 Å². The average Bonchev–Trinajstić information content (AvgIpc) is 3.08. The minimum atomic E-state index is 0.501. The second-order valence-electron chi connectivity index (χ2n) is 4.86. The second kappa shape index (κ2) is 5.35. The molecule has 0 bridgehead atoms. The van der Waals surface area contributed by atoms with Gasteiger partial charge in [-0.3, -0.25) is 0 Å². The van der Waals surface area contributed by atoms with Gasteiger partial charge in [-0.1, -0.05) is 5.16 Å². The summed E-state index contributed by atoms with van der Waals surface area (Å²) in [5, 5.41) is 3.81. The Bertz CT molecular complexity index is 747. The Hall–Kier alpha value is -2.70. The van der Waals surface area contributed by atoms with Crippen LogP contribution in [0.25, 0.3) is 11.5 Å². The molecule has 0 atom stereocenters. The van der Waals surface area contributed by atoms with Crippen LogP contribution in [0, 0.1) is 6.92 Å². The number of anilines is 1. The van der Waals surface area contributed by atoms with E-state index in [0.717, 1.165) is 17.2 Å². The highest BCUT2D eigenvalue weighted by Crippen LogP contribution is 2.21. The zero-order valence-electron chi connectivity index (χ0n) is 12.2. The highest BCUT2D eigenvalue weighted by Gasteiger charge is 2.11. The average molecular weight is 284 g/mol. The molecule has 0 radical (unpaired) electrons. The van der Waals surface area contributed by atoms with Gasteiger partial charge in [0.25, 0.3) is 5.89 Å². The summed E-state index contributed by atoms with van der Waals surface area (Å²) in [6.07, 6.45) is 5.45. The lowest BCUT2D eigenvalue weighted by Crippen LogP contribution is -2.20. The third-order valence-corrected chi connectivity index (χ3v) is 3.21. The molecule has 0 aliphatic carbocycles. The van der Waals surface area contributed by atoms with Gasteiger partial charge in [0.15, 0.2) is 5.82 Å². The Kier molecular flexibility index (Phi) is 3.39. The van der Waals surface area contributed by atoms with E-state index in [1.54, 1.807) is 19.3 Å². The summed E-state index contributed by atoms with van der Waals surface area (Å²) in [7, 11) is 3.95. The van der Waals surface area contributed by atoms with Gasteiger partial charge in [-0.05, 0) is 19.1 Å². The molecule has 0 saturated heterocycles. The molecular weight excluding hydrogens is 268 g/mol. The first-order valence-electron chi connectivity index (χ1n) is 6.57. The fraction of sp³-hybridized carbons (Fsp3) is 0.286. The molecule has 108 valence electrons. The van der Waals surface area contributed by atoms with Crippen LogP contribution in [0.5, 0.6) is 0 Å². The summed E-state index contributed by atoms with van der Waals surface area (Å²) in [5.41, 5.74) is 0.854. The zero-order chi connectivity index (χ0) is 14.8. The monoisotopic (exact) mass is 284 g/mol. The molecule has 3 rings (SSSR count). The number of imidazole rings is 1. The van der Waals surface area contributed by atoms with Crippen LogP contribution in [-0.2, 0) is 13.6 Å². The summed E-state index contributed by atoms with van der Waals surface area (Å²) < 4.78 is 7.17. The first-order valence-corrected chi connectivity index (χ1v) is 6.57. The molecule has 0 spiro atoms. The predicted octanol–water partition coefficient (Wildman–Crippen LogP) is 1.81. The largest absolute Gasteiger partial charge is 0.352 e. The lowest BCUT2D eigenvalue weighted by atomic mass is 10.2. The number of pyridine rings is 1. The van der Waals surface area contributed by atoms with E-state index in [4.69, 9.17) is 4.52 Å². The molecule has 3 aromatic rings. The normalized spacial score (nSPS) is 10.8. The third kappa shape index (κ3) is 2.76. The number of aryl methyl sites for hydroxylation is 2. The van der Waals surface area contributed by atoms with Gasteiger partial charge in [-0.2, -0.15) is 4.98 Å². The minimum absolute atomic E-state index is 0.501. The Morgan fingerprint density at radius 2 is 2.14 bits per heavy atom. The van der Waals surface area contributed by atoms with E-state index in [1.165, 1.54) is 0 Å². The van der Waals surface area contributed by atoms with Gasteiger partial charge in [-0.15, -0.1) is 0 Å². The summed E-state index contributed by atoms with van der Waals surface area (Å²) in [4.78, 5) is 15.0. The van der Waals surface area contributed by atoms with E-state index in [9.17, 15) is 0 Å². The molecule has 0 aliphatic rings. The van der Waals surface area contributed by atoms with E-state index in [-0.39, 0.29) is 0 Å². The number of aromatic nitrogens is 5. The van der Waals surface area contributed by atoms with Crippen molar-refractivity contribution in [3.8, 4) is 11.5 Å². The molecule has 3 aromatic heterocycles.